The maximum Gasteiger partial charge on any atom is 0.173 e. The van der Waals surface area contributed by atoms with E-state index in [1.807, 2.05) is 11.3 Å². The van der Waals surface area contributed by atoms with Gasteiger partial charge in [0.2, 0.25) is 0 Å². The number of fused-ring (bicyclic) bond motifs is 1. The van der Waals surface area contributed by atoms with Crippen molar-refractivity contribution in [2.75, 3.05) is 6.54 Å². The van der Waals surface area contributed by atoms with E-state index in [0.29, 0.717) is 41.4 Å². The number of halogens is 2. The number of hydrogen-bond acceptors (Lipinski definition) is 6. The molecule has 31 heavy (non-hydrogen) atoms. The van der Waals surface area contributed by atoms with Crippen molar-refractivity contribution < 1.29 is 13.9 Å². The van der Waals surface area contributed by atoms with Gasteiger partial charge in [0.05, 0.1) is 22.7 Å². The SMILES string of the molecule is Cc1nccn2c(C3=CC=NC(NCCC(C)(C)O)N3)c(-c3ccc(F)cc3F)nc12. The van der Waals surface area contributed by atoms with Gasteiger partial charge in [0.1, 0.15) is 17.3 Å². The van der Waals surface area contributed by atoms with E-state index >= 15 is 0 Å². The molecule has 7 nitrogen and oxygen atoms in total. The van der Waals surface area contributed by atoms with Gasteiger partial charge in [-0.25, -0.2) is 13.8 Å². The van der Waals surface area contributed by atoms with E-state index in [-0.39, 0.29) is 5.56 Å². The maximum atomic E-state index is 14.7. The number of aliphatic imine (C=N–C) groups is 1. The van der Waals surface area contributed by atoms with E-state index < -0.39 is 23.5 Å². The molecule has 0 spiro atoms. The Labute approximate surface area is 178 Å². The molecular formula is C22H24F2N6O. The van der Waals surface area contributed by atoms with Crippen LogP contribution in [-0.2, 0) is 0 Å². The molecule has 0 amide bonds. The molecule has 162 valence electrons. The fraction of sp³-hybridized carbons (Fsp3) is 0.318. The largest absolute Gasteiger partial charge is 0.390 e. The molecular weight excluding hydrogens is 402 g/mol. The highest BCUT2D eigenvalue weighted by Crippen LogP contribution is 2.32. The fourth-order valence-electron chi connectivity index (χ4n) is 3.43. The van der Waals surface area contributed by atoms with Gasteiger partial charge in [-0.15, -0.1) is 0 Å². The van der Waals surface area contributed by atoms with Gasteiger partial charge in [-0.3, -0.25) is 19.7 Å². The molecule has 0 fully saturated rings. The van der Waals surface area contributed by atoms with E-state index in [1.165, 1.54) is 12.1 Å². The summed E-state index contributed by atoms with van der Waals surface area (Å²) in [6, 6.07) is 3.44. The minimum absolute atomic E-state index is 0.191. The summed E-state index contributed by atoms with van der Waals surface area (Å²) < 4.78 is 30.0. The van der Waals surface area contributed by atoms with Crippen LogP contribution in [0.5, 0.6) is 0 Å². The van der Waals surface area contributed by atoms with E-state index in [0.717, 1.165) is 6.07 Å². The third-order valence-electron chi connectivity index (χ3n) is 5.00. The lowest BCUT2D eigenvalue weighted by Gasteiger charge is -2.24. The number of nitrogens with one attached hydrogen (secondary N) is 2. The third kappa shape index (κ3) is 4.47. The van der Waals surface area contributed by atoms with Crippen LogP contribution in [0.1, 0.15) is 31.7 Å². The summed E-state index contributed by atoms with van der Waals surface area (Å²) in [5, 5.41) is 16.4. The van der Waals surface area contributed by atoms with Gasteiger partial charge in [0, 0.05) is 36.8 Å². The van der Waals surface area contributed by atoms with Gasteiger partial charge in [-0.05, 0) is 45.4 Å². The van der Waals surface area contributed by atoms with Crippen LogP contribution in [0.15, 0.2) is 41.7 Å². The molecule has 9 heteroatoms. The lowest BCUT2D eigenvalue weighted by Crippen LogP contribution is -2.43. The van der Waals surface area contributed by atoms with Crippen molar-refractivity contribution in [2.45, 2.75) is 39.1 Å². The summed E-state index contributed by atoms with van der Waals surface area (Å²) >= 11 is 0. The van der Waals surface area contributed by atoms with Crippen molar-refractivity contribution in [1.29, 1.82) is 0 Å². The minimum Gasteiger partial charge on any atom is -0.390 e. The molecule has 3 N–H and O–H groups in total. The number of nitrogens with zero attached hydrogens (tertiary/aromatic N) is 4. The zero-order valence-electron chi connectivity index (χ0n) is 17.5. The van der Waals surface area contributed by atoms with Crippen LogP contribution >= 0.6 is 0 Å². The van der Waals surface area contributed by atoms with E-state index in [4.69, 9.17) is 0 Å². The molecule has 1 atom stereocenters. The highest BCUT2D eigenvalue weighted by molar-refractivity contribution is 5.89. The number of imidazole rings is 1. The predicted octanol–water partition coefficient (Wildman–Crippen LogP) is 3.03. The highest BCUT2D eigenvalue weighted by atomic mass is 19.1. The van der Waals surface area contributed by atoms with Gasteiger partial charge in [-0.2, -0.15) is 0 Å². The quantitative estimate of drug-likeness (QED) is 0.564. The van der Waals surface area contributed by atoms with Crippen LogP contribution in [0.25, 0.3) is 22.6 Å². The van der Waals surface area contributed by atoms with Crippen molar-refractivity contribution in [3.8, 4) is 11.3 Å². The Bertz CT molecular complexity index is 1180. The molecule has 0 saturated heterocycles. The van der Waals surface area contributed by atoms with Crippen LogP contribution in [0.3, 0.4) is 0 Å². The van der Waals surface area contributed by atoms with Crippen molar-refractivity contribution >= 4 is 17.6 Å². The summed E-state index contributed by atoms with van der Waals surface area (Å²) in [6.07, 6.45) is 6.95. The number of rotatable bonds is 6. The number of hydrogen-bond donors (Lipinski definition) is 3. The number of allylic oxidation sites excluding steroid dienone is 1. The second-order valence-electron chi connectivity index (χ2n) is 8.08. The lowest BCUT2D eigenvalue weighted by molar-refractivity contribution is 0.0703. The standard InChI is InChI=1S/C22H24F2N6O/c1-13-20-29-18(15-5-4-14(23)12-16(15)24)19(30(20)11-10-25-13)17-6-8-26-21(28-17)27-9-7-22(2,3)31/h4-6,8,10-12,21,27-28,31H,7,9H2,1-3H3. The maximum absolute atomic E-state index is 14.7. The number of aryl methyl sites for hydroxylation is 1. The summed E-state index contributed by atoms with van der Waals surface area (Å²) in [6.45, 7) is 5.86. The fourth-order valence-corrected chi connectivity index (χ4v) is 3.43. The average Bonchev–Trinajstić information content (AvgIpc) is 3.08. The second-order valence-corrected chi connectivity index (χ2v) is 8.08. The smallest absolute Gasteiger partial charge is 0.173 e. The zero-order chi connectivity index (χ0) is 22.2. The molecule has 2 aromatic heterocycles. The second kappa shape index (κ2) is 8.16. The van der Waals surface area contributed by atoms with Gasteiger partial charge >= 0.3 is 0 Å². The Kier molecular flexibility index (Phi) is 5.55. The first kappa shape index (κ1) is 21.1. The molecule has 1 aliphatic rings. The number of aliphatic hydroxyl groups is 1. The van der Waals surface area contributed by atoms with Crippen LogP contribution in [0.2, 0.25) is 0 Å². The third-order valence-corrected chi connectivity index (χ3v) is 5.00. The summed E-state index contributed by atoms with van der Waals surface area (Å²) in [4.78, 5) is 13.3. The van der Waals surface area contributed by atoms with Crippen LogP contribution in [-0.4, -0.2) is 44.1 Å². The van der Waals surface area contributed by atoms with Crippen molar-refractivity contribution in [2.24, 2.45) is 4.99 Å². The Morgan fingerprint density at radius 2 is 2.10 bits per heavy atom. The monoisotopic (exact) mass is 426 g/mol. The van der Waals surface area contributed by atoms with Crippen molar-refractivity contribution in [3.63, 3.8) is 0 Å². The van der Waals surface area contributed by atoms with Crippen molar-refractivity contribution in [3.05, 3.63) is 59.7 Å². The summed E-state index contributed by atoms with van der Waals surface area (Å²) in [7, 11) is 0. The summed E-state index contributed by atoms with van der Waals surface area (Å²) in [5.41, 5.74) is 2.33. The molecule has 3 heterocycles. The molecule has 0 radical (unpaired) electrons. The molecule has 3 aromatic rings. The first-order valence-corrected chi connectivity index (χ1v) is 9.98. The topological polar surface area (TPSA) is 86.8 Å². The summed E-state index contributed by atoms with van der Waals surface area (Å²) in [5.74, 6) is -1.34. The molecule has 4 rings (SSSR count). The molecule has 0 bridgehead atoms. The Morgan fingerprint density at radius 1 is 1.29 bits per heavy atom. The molecule has 1 aromatic carbocycles. The van der Waals surface area contributed by atoms with Gasteiger partial charge in [-0.1, -0.05) is 0 Å². The highest BCUT2D eigenvalue weighted by Gasteiger charge is 2.24. The predicted molar refractivity (Wildman–Crippen MR) is 115 cm³/mol. The number of benzene rings is 1. The Balaban J connectivity index is 1.74. The lowest BCUT2D eigenvalue weighted by atomic mass is 10.1. The van der Waals surface area contributed by atoms with Gasteiger partial charge in [0.15, 0.2) is 11.9 Å². The number of aromatic nitrogens is 3. The Hall–Kier alpha value is -3.17. The van der Waals surface area contributed by atoms with Crippen LogP contribution in [0, 0.1) is 18.6 Å². The van der Waals surface area contributed by atoms with Crippen molar-refractivity contribution in [1.82, 2.24) is 25.0 Å². The normalized spacial score (nSPS) is 16.5. The first-order chi connectivity index (χ1) is 14.7. The molecule has 0 aliphatic carbocycles. The first-order valence-electron chi connectivity index (χ1n) is 9.98. The van der Waals surface area contributed by atoms with E-state index in [2.05, 4.69) is 25.6 Å². The van der Waals surface area contributed by atoms with Gasteiger partial charge < -0.3 is 10.4 Å². The molecule has 0 saturated carbocycles. The van der Waals surface area contributed by atoms with E-state index in [9.17, 15) is 13.9 Å². The Morgan fingerprint density at radius 3 is 2.84 bits per heavy atom. The van der Waals surface area contributed by atoms with E-state index in [1.54, 1.807) is 38.5 Å². The average molecular weight is 426 g/mol. The molecule has 1 unspecified atom stereocenters. The minimum atomic E-state index is -0.788. The zero-order valence-corrected chi connectivity index (χ0v) is 17.5. The van der Waals surface area contributed by atoms with Crippen LogP contribution < -0.4 is 10.6 Å². The van der Waals surface area contributed by atoms with Crippen LogP contribution in [0.4, 0.5) is 8.78 Å². The molecule has 1 aliphatic heterocycles. The van der Waals surface area contributed by atoms with Gasteiger partial charge in [0.25, 0.3) is 0 Å².